The van der Waals surface area contributed by atoms with E-state index in [1.165, 1.54) is 0 Å². The molecule has 0 aromatic carbocycles. The normalized spacial score (nSPS) is 11.0. The predicted octanol–water partition coefficient (Wildman–Crippen LogP) is 1.84. The molecule has 0 aliphatic heterocycles. The highest BCUT2D eigenvalue weighted by Gasteiger charge is 2.03. The minimum absolute atomic E-state index is 0. The van der Waals surface area contributed by atoms with Gasteiger partial charge in [-0.05, 0) is 19.1 Å². The molecule has 0 atom stereocenters. The lowest BCUT2D eigenvalue weighted by Crippen LogP contribution is -2.36. The Hall–Kier alpha value is -1.58. The first-order valence-corrected chi connectivity index (χ1v) is 6.11. The third kappa shape index (κ3) is 5.19. The quantitative estimate of drug-likeness (QED) is 0.460. The van der Waals surface area contributed by atoms with E-state index in [0.29, 0.717) is 30.8 Å². The number of furan rings is 1. The van der Waals surface area contributed by atoms with Crippen molar-refractivity contribution in [2.45, 2.75) is 26.9 Å². The van der Waals surface area contributed by atoms with Crippen molar-refractivity contribution in [3.8, 4) is 0 Å². The van der Waals surface area contributed by atoms with Gasteiger partial charge in [0.15, 0.2) is 11.8 Å². The van der Waals surface area contributed by atoms with Gasteiger partial charge in [-0.1, -0.05) is 5.16 Å². The third-order valence-corrected chi connectivity index (χ3v) is 2.30. The molecule has 0 aliphatic rings. The summed E-state index contributed by atoms with van der Waals surface area (Å²) < 4.78 is 10.1. The fraction of sp³-hybridized carbons (Fsp3) is 0.417. The largest absolute Gasteiger partial charge is 0.467 e. The monoisotopic (exact) mass is 391 g/mol. The van der Waals surface area contributed by atoms with E-state index in [2.05, 4.69) is 25.8 Å². The van der Waals surface area contributed by atoms with Crippen molar-refractivity contribution in [3.05, 3.63) is 35.9 Å². The Bertz CT molecular complexity index is 524. The molecule has 0 unspecified atom stereocenters. The lowest BCUT2D eigenvalue weighted by atomic mass is 10.4. The molecule has 0 radical (unpaired) electrons. The minimum atomic E-state index is 0. The molecule has 0 fully saturated rings. The summed E-state index contributed by atoms with van der Waals surface area (Å²) in [5.74, 6) is 2.63. The number of hydrogen-bond donors (Lipinski definition) is 2. The number of aryl methyl sites for hydroxylation is 1. The van der Waals surface area contributed by atoms with Crippen LogP contribution in [0.2, 0.25) is 0 Å². The highest BCUT2D eigenvalue weighted by Crippen LogP contribution is 1.99. The van der Waals surface area contributed by atoms with Gasteiger partial charge >= 0.3 is 0 Å². The standard InChI is InChI=1S/C12H17N5O2.HI/c1-3-13-12(14-7-10-5-4-6-18-10)15-8-11-16-9(2)19-17-11;/h4-6H,3,7-8H2,1-2H3,(H2,13,14,15);1H. The molecule has 0 bridgehead atoms. The Morgan fingerprint density at radius 2 is 2.25 bits per heavy atom. The number of nitrogens with zero attached hydrogens (tertiary/aromatic N) is 3. The van der Waals surface area contributed by atoms with E-state index < -0.39 is 0 Å². The topological polar surface area (TPSA) is 88.5 Å². The average molecular weight is 391 g/mol. The number of rotatable bonds is 5. The van der Waals surface area contributed by atoms with Crippen LogP contribution in [-0.4, -0.2) is 22.6 Å². The predicted molar refractivity (Wildman–Crippen MR) is 84.8 cm³/mol. The van der Waals surface area contributed by atoms with E-state index in [9.17, 15) is 0 Å². The van der Waals surface area contributed by atoms with Crippen molar-refractivity contribution in [3.63, 3.8) is 0 Å². The van der Waals surface area contributed by atoms with Gasteiger partial charge in [-0.25, -0.2) is 4.99 Å². The molecular formula is C12H18IN5O2. The van der Waals surface area contributed by atoms with Crippen molar-refractivity contribution >= 4 is 29.9 Å². The maximum Gasteiger partial charge on any atom is 0.223 e. The van der Waals surface area contributed by atoms with Crippen LogP contribution in [0.15, 0.2) is 32.3 Å². The first-order chi connectivity index (χ1) is 9.28. The second kappa shape index (κ2) is 8.56. The molecule has 0 aliphatic carbocycles. The van der Waals surface area contributed by atoms with E-state index in [0.717, 1.165) is 12.3 Å². The summed E-state index contributed by atoms with van der Waals surface area (Å²) in [6.45, 7) is 5.47. The smallest absolute Gasteiger partial charge is 0.223 e. The maximum absolute atomic E-state index is 5.24. The van der Waals surface area contributed by atoms with Gasteiger partial charge in [-0.3, -0.25) is 0 Å². The SMILES string of the molecule is CCNC(=NCc1noc(C)n1)NCc1ccco1.I. The van der Waals surface area contributed by atoms with Crippen LogP contribution in [0.25, 0.3) is 0 Å². The van der Waals surface area contributed by atoms with Crippen LogP contribution in [0.5, 0.6) is 0 Å². The second-order valence-electron chi connectivity index (χ2n) is 3.86. The molecule has 0 saturated heterocycles. The molecule has 0 spiro atoms. The molecule has 20 heavy (non-hydrogen) atoms. The summed E-state index contributed by atoms with van der Waals surface area (Å²) in [6.07, 6.45) is 1.64. The van der Waals surface area contributed by atoms with Gasteiger partial charge in [0.1, 0.15) is 12.3 Å². The van der Waals surface area contributed by atoms with Gasteiger partial charge < -0.3 is 19.6 Å². The number of aliphatic imine (C=N–C) groups is 1. The number of hydrogen-bond acceptors (Lipinski definition) is 5. The van der Waals surface area contributed by atoms with Gasteiger partial charge in [0.25, 0.3) is 0 Å². The summed E-state index contributed by atoms with van der Waals surface area (Å²) in [5, 5.41) is 10.1. The van der Waals surface area contributed by atoms with Crippen molar-refractivity contribution in [1.82, 2.24) is 20.8 Å². The van der Waals surface area contributed by atoms with Crippen LogP contribution in [0.1, 0.15) is 24.4 Å². The van der Waals surface area contributed by atoms with Crippen molar-refractivity contribution in [1.29, 1.82) is 0 Å². The summed E-state index contributed by atoms with van der Waals surface area (Å²) in [4.78, 5) is 8.46. The second-order valence-corrected chi connectivity index (χ2v) is 3.86. The number of nitrogens with one attached hydrogen (secondary N) is 2. The van der Waals surface area contributed by atoms with Crippen LogP contribution < -0.4 is 10.6 Å². The highest BCUT2D eigenvalue weighted by atomic mass is 127. The fourth-order valence-electron chi connectivity index (χ4n) is 1.48. The molecule has 0 amide bonds. The lowest BCUT2D eigenvalue weighted by molar-refractivity contribution is 0.387. The van der Waals surface area contributed by atoms with Gasteiger partial charge in [0.2, 0.25) is 5.89 Å². The zero-order chi connectivity index (χ0) is 13.5. The van der Waals surface area contributed by atoms with Crippen LogP contribution >= 0.6 is 24.0 Å². The summed E-state index contributed by atoms with van der Waals surface area (Å²) in [7, 11) is 0. The van der Waals surface area contributed by atoms with Gasteiger partial charge in [-0.15, -0.1) is 24.0 Å². The molecule has 8 heteroatoms. The lowest BCUT2D eigenvalue weighted by Gasteiger charge is -2.09. The Morgan fingerprint density at radius 3 is 2.85 bits per heavy atom. The van der Waals surface area contributed by atoms with Crippen molar-refractivity contribution < 1.29 is 8.94 Å². The first kappa shape index (κ1) is 16.5. The van der Waals surface area contributed by atoms with Crippen LogP contribution in [0.4, 0.5) is 0 Å². The Kier molecular flexibility index (Phi) is 7.05. The molecule has 2 heterocycles. The Morgan fingerprint density at radius 1 is 1.40 bits per heavy atom. The summed E-state index contributed by atoms with van der Waals surface area (Å²) in [6, 6.07) is 3.75. The number of aromatic nitrogens is 2. The van der Waals surface area contributed by atoms with Gasteiger partial charge in [0, 0.05) is 13.5 Å². The van der Waals surface area contributed by atoms with E-state index in [1.54, 1.807) is 13.2 Å². The maximum atomic E-state index is 5.24. The van der Waals surface area contributed by atoms with E-state index in [1.807, 2.05) is 19.1 Å². The molecule has 0 saturated carbocycles. The van der Waals surface area contributed by atoms with Crippen LogP contribution in [0, 0.1) is 6.92 Å². The third-order valence-electron chi connectivity index (χ3n) is 2.30. The first-order valence-electron chi connectivity index (χ1n) is 6.11. The summed E-state index contributed by atoms with van der Waals surface area (Å²) in [5.41, 5.74) is 0. The summed E-state index contributed by atoms with van der Waals surface area (Å²) >= 11 is 0. The van der Waals surface area contributed by atoms with E-state index in [-0.39, 0.29) is 24.0 Å². The van der Waals surface area contributed by atoms with Crippen molar-refractivity contribution in [2.75, 3.05) is 6.54 Å². The average Bonchev–Trinajstić information content (AvgIpc) is 3.04. The van der Waals surface area contributed by atoms with Gasteiger partial charge in [0.05, 0.1) is 12.8 Å². The highest BCUT2D eigenvalue weighted by molar-refractivity contribution is 14.0. The molecule has 7 nitrogen and oxygen atoms in total. The van der Waals surface area contributed by atoms with E-state index in [4.69, 9.17) is 8.94 Å². The molecule has 2 N–H and O–H groups in total. The number of halogens is 1. The molecule has 2 aromatic heterocycles. The molecular weight excluding hydrogens is 373 g/mol. The van der Waals surface area contributed by atoms with Crippen LogP contribution in [0.3, 0.4) is 0 Å². The Balaban J connectivity index is 0.00000200. The zero-order valence-electron chi connectivity index (χ0n) is 11.4. The zero-order valence-corrected chi connectivity index (χ0v) is 13.8. The van der Waals surface area contributed by atoms with E-state index >= 15 is 0 Å². The molecule has 110 valence electrons. The molecule has 2 aromatic rings. The number of guanidine groups is 1. The Labute approximate surface area is 134 Å². The van der Waals surface area contributed by atoms with Crippen molar-refractivity contribution in [2.24, 2.45) is 4.99 Å². The molecule has 2 rings (SSSR count). The minimum Gasteiger partial charge on any atom is -0.467 e. The fourth-order valence-corrected chi connectivity index (χ4v) is 1.48. The van der Waals surface area contributed by atoms with Gasteiger partial charge in [-0.2, -0.15) is 4.98 Å². The van der Waals surface area contributed by atoms with Crippen LogP contribution in [-0.2, 0) is 13.1 Å².